The molecule has 0 spiro atoms. The third-order valence-corrected chi connectivity index (χ3v) is 3.64. The van der Waals surface area contributed by atoms with Crippen molar-refractivity contribution >= 4 is 5.91 Å². The highest BCUT2D eigenvalue weighted by Crippen LogP contribution is 2.17. The van der Waals surface area contributed by atoms with Crippen LogP contribution in [0, 0.1) is 11.6 Å². The summed E-state index contributed by atoms with van der Waals surface area (Å²) >= 11 is 0. The second-order valence-electron chi connectivity index (χ2n) is 5.41. The molecule has 110 valence electrons. The smallest absolute Gasteiger partial charge is 0.222 e. The first kappa shape index (κ1) is 14.9. The Morgan fingerprint density at radius 2 is 2.05 bits per heavy atom. The number of halogens is 2. The van der Waals surface area contributed by atoms with Crippen LogP contribution in [0.15, 0.2) is 18.2 Å². The molecule has 1 amide bonds. The summed E-state index contributed by atoms with van der Waals surface area (Å²) in [5.41, 5.74) is 0.698. The fraction of sp³-hybridized carbons (Fsp3) is 0.533. The monoisotopic (exact) mass is 282 g/mol. The van der Waals surface area contributed by atoms with Crippen LogP contribution < -0.4 is 5.32 Å². The quantitative estimate of drug-likeness (QED) is 0.900. The number of nitrogens with one attached hydrogen (secondary N) is 1. The maximum Gasteiger partial charge on any atom is 0.222 e. The van der Waals surface area contributed by atoms with Gasteiger partial charge in [-0.1, -0.05) is 6.07 Å². The molecule has 1 N–H and O–H groups in total. The van der Waals surface area contributed by atoms with Crippen molar-refractivity contribution in [3.63, 3.8) is 0 Å². The number of rotatable bonds is 5. The van der Waals surface area contributed by atoms with E-state index in [9.17, 15) is 13.6 Å². The summed E-state index contributed by atoms with van der Waals surface area (Å²) in [5.74, 6) is -1.48. The molecule has 1 heterocycles. The maximum absolute atomic E-state index is 13.2. The lowest BCUT2D eigenvalue weighted by molar-refractivity contribution is -0.127. The number of likely N-dealkylation sites (tertiary alicyclic amines) is 1. The third kappa shape index (κ3) is 3.54. The molecule has 2 unspecified atom stereocenters. The van der Waals surface area contributed by atoms with Gasteiger partial charge in [0.05, 0.1) is 0 Å². The van der Waals surface area contributed by atoms with E-state index in [0.717, 1.165) is 19.0 Å². The lowest BCUT2D eigenvalue weighted by Gasteiger charge is -2.25. The third-order valence-electron chi connectivity index (χ3n) is 3.64. The van der Waals surface area contributed by atoms with Crippen molar-refractivity contribution < 1.29 is 13.6 Å². The predicted octanol–water partition coefficient (Wildman–Crippen LogP) is 2.63. The molecule has 0 aliphatic carbocycles. The van der Waals surface area contributed by atoms with Crippen LogP contribution in [0.4, 0.5) is 8.78 Å². The molecule has 2 rings (SSSR count). The number of amides is 1. The van der Waals surface area contributed by atoms with Crippen LogP contribution >= 0.6 is 0 Å². The highest BCUT2D eigenvalue weighted by molar-refractivity contribution is 5.78. The number of benzene rings is 1. The zero-order valence-electron chi connectivity index (χ0n) is 11.8. The molecule has 1 fully saturated rings. The second kappa shape index (κ2) is 6.31. The van der Waals surface area contributed by atoms with Crippen LogP contribution in [-0.2, 0) is 4.79 Å². The minimum Gasteiger partial charge on any atom is -0.341 e. The Morgan fingerprint density at radius 1 is 1.30 bits per heavy atom. The van der Waals surface area contributed by atoms with Crippen LogP contribution in [0.5, 0.6) is 0 Å². The SMILES string of the molecule is CC(CN1CCCC1=O)NC(C)c1ccc(F)c(F)c1. The average molecular weight is 282 g/mol. The molecule has 0 saturated carbocycles. The van der Waals surface area contributed by atoms with E-state index >= 15 is 0 Å². The van der Waals surface area contributed by atoms with Crippen LogP contribution in [-0.4, -0.2) is 29.9 Å². The molecular formula is C15H20F2N2O. The minimum absolute atomic E-state index is 0.0974. The molecule has 0 radical (unpaired) electrons. The lowest BCUT2D eigenvalue weighted by Crippen LogP contribution is -2.40. The summed E-state index contributed by atoms with van der Waals surface area (Å²) < 4.78 is 26.1. The molecule has 0 aromatic heterocycles. The fourth-order valence-electron chi connectivity index (χ4n) is 2.59. The van der Waals surface area contributed by atoms with E-state index in [-0.39, 0.29) is 18.0 Å². The van der Waals surface area contributed by atoms with Gasteiger partial charge >= 0.3 is 0 Å². The molecule has 2 atom stereocenters. The van der Waals surface area contributed by atoms with Crippen molar-refractivity contribution in [2.45, 2.75) is 38.8 Å². The second-order valence-corrected chi connectivity index (χ2v) is 5.41. The normalized spacial score (nSPS) is 18.4. The summed E-state index contributed by atoms with van der Waals surface area (Å²) in [6.45, 7) is 5.34. The van der Waals surface area contributed by atoms with Crippen LogP contribution in [0.1, 0.15) is 38.3 Å². The molecule has 1 aliphatic rings. The predicted molar refractivity (Wildman–Crippen MR) is 73.2 cm³/mol. The van der Waals surface area contributed by atoms with Gasteiger partial charge in [0.15, 0.2) is 11.6 Å². The molecule has 1 saturated heterocycles. The van der Waals surface area contributed by atoms with Crippen molar-refractivity contribution in [2.75, 3.05) is 13.1 Å². The Balaban J connectivity index is 1.91. The molecular weight excluding hydrogens is 262 g/mol. The minimum atomic E-state index is -0.836. The van der Waals surface area contributed by atoms with Gasteiger partial charge in [-0.15, -0.1) is 0 Å². The van der Waals surface area contributed by atoms with Crippen molar-refractivity contribution in [1.82, 2.24) is 10.2 Å². The van der Waals surface area contributed by atoms with Gasteiger partial charge in [0.25, 0.3) is 0 Å². The van der Waals surface area contributed by atoms with E-state index in [0.29, 0.717) is 18.5 Å². The zero-order chi connectivity index (χ0) is 14.7. The van der Waals surface area contributed by atoms with Gasteiger partial charge in [-0.25, -0.2) is 8.78 Å². The molecule has 1 aromatic rings. The Bertz CT molecular complexity index is 493. The Kier molecular flexibility index (Phi) is 4.70. The highest BCUT2D eigenvalue weighted by Gasteiger charge is 2.22. The van der Waals surface area contributed by atoms with E-state index < -0.39 is 11.6 Å². The highest BCUT2D eigenvalue weighted by atomic mass is 19.2. The van der Waals surface area contributed by atoms with Gasteiger partial charge in [0.2, 0.25) is 5.91 Å². The van der Waals surface area contributed by atoms with Crippen LogP contribution in [0.25, 0.3) is 0 Å². The molecule has 3 nitrogen and oxygen atoms in total. The van der Waals surface area contributed by atoms with E-state index in [1.165, 1.54) is 6.07 Å². The number of carbonyl (C=O) groups is 1. The van der Waals surface area contributed by atoms with Crippen LogP contribution in [0.3, 0.4) is 0 Å². The lowest BCUT2D eigenvalue weighted by atomic mass is 10.1. The van der Waals surface area contributed by atoms with E-state index in [4.69, 9.17) is 0 Å². The van der Waals surface area contributed by atoms with Gasteiger partial charge in [-0.2, -0.15) is 0 Å². The first-order valence-electron chi connectivity index (χ1n) is 6.96. The van der Waals surface area contributed by atoms with Crippen molar-refractivity contribution in [2.24, 2.45) is 0 Å². The first-order chi connectivity index (χ1) is 9.47. The zero-order valence-corrected chi connectivity index (χ0v) is 11.8. The number of carbonyl (C=O) groups excluding carboxylic acids is 1. The number of nitrogens with zero attached hydrogens (tertiary/aromatic N) is 1. The van der Waals surface area contributed by atoms with E-state index in [2.05, 4.69) is 5.32 Å². The Labute approximate surface area is 118 Å². The standard InChI is InChI=1S/C15H20F2N2O/c1-10(9-19-7-3-4-15(19)20)18-11(2)12-5-6-13(16)14(17)8-12/h5-6,8,10-11,18H,3-4,7,9H2,1-2H3. The van der Waals surface area contributed by atoms with Gasteiger partial charge < -0.3 is 10.2 Å². The maximum atomic E-state index is 13.2. The average Bonchev–Trinajstić information content (AvgIpc) is 2.78. The fourth-order valence-corrected chi connectivity index (χ4v) is 2.59. The van der Waals surface area contributed by atoms with Gasteiger partial charge in [-0.3, -0.25) is 4.79 Å². The molecule has 0 bridgehead atoms. The number of hydrogen-bond acceptors (Lipinski definition) is 2. The molecule has 1 aliphatic heterocycles. The largest absolute Gasteiger partial charge is 0.341 e. The van der Waals surface area contributed by atoms with Gasteiger partial charge in [0.1, 0.15) is 0 Å². The molecule has 5 heteroatoms. The summed E-state index contributed by atoms with van der Waals surface area (Å²) in [6.07, 6.45) is 1.55. The van der Waals surface area contributed by atoms with E-state index in [1.54, 1.807) is 6.07 Å². The number of hydrogen-bond donors (Lipinski definition) is 1. The van der Waals surface area contributed by atoms with Crippen molar-refractivity contribution in [3.8, 4) is 0 Å². The van der Waals surface area contributed by atoms with Crippen molar-refractivity contribution in [3.05, 3.63) is 35.4 Å². The van der Waals surface area contributed by atoms with E-state index in [1.807, 2.05) is 18.7 Å². The summed E-state index contributed by atoms with van der Waals surface area (Å²) in [4.78, 5) is 13.4. The summed E-state index contributed by atoms with van der Waals surface area (Å²) in [5, 5.41) is 3.31. The van der Waals surface area contributed by atoms with Gasteiger partial charge in [-0.05, 0) is 38.0 Å². The van der Waals surface area contributed by atoms with Crippen molar-refractivity contribution in [1.29, 1.82) is 0 Å². The topological polar surface area (TPSA) is 32.3 Å². The summed E-state index contributed by atoms with van der Waals surface area (Å²) in [6, 6.07) is 3.92. The summed E-state index contributed by atoms with van der Waals surface area (Å²) in [7, 11) is 0. The first-order valence-corrected chi connectivity index (χ1v) is 6.96. The Morgan fingerprint density at radius 3 is 2.65 bits per heavy atom. The molecule has 1 aromatic carbocycles. The van der Waals surface area contributed by atoms with Crippen LogP contribution in [0.2, 0.25) is 0 Å². The van der Waals surface area contributed by atoms with Gasteiger partial charge in [0, 0.05) is 31.6 Å². The Hall–Kier alpha value is -1.49. The molecule has 20 heavy (non-hydrogen) atoms.